The van der Waals surface area contributed by atoms with E-state index in [1.807, 2.05) is 0 Å². The minimum Gasteiger partial charge on any atom is -0.465 e. The first kappa shape index (κ1) is 12.0. The van der Waals surface area contributed by atoms with Crippen molar-refractivity contribution in [2.45, 2.75) is 24.8 Å². The van der Waals surface area contributed by atoms with Gasteiger partial charge in [-0.2, -0.15) is 0 Å². The number of esters is 1. The summed E-state index contributed by atoms with van der Waals surface area (Å²) in [5.41, 5.74) is 5.33. The minimum absolute atomic E-state index is 0.350. The molecule has 0 saturated heterocycles. The first-order valence-electron chi connectivity index (χ1n) is 5.18. The van der Waals surface area contributed by atoms with Gasteiger partial charge in [0.05, 0.1) is 12.7 Å². The summed E-state index contributed by atoms with van der Waals surface area (Å²) < 4.78 is 30.8. The molecule has 2 N–H and O–H groups in total. The Labute approximate surface area is 97.6 Å². The van der Waals surface area contributed by atoms with Crippen LogP contribution in [0, 0.1) is 6.92 Å². The molecule has 1 aliphatic carbocycles. The molecule has 0 heterocycles. The van der Waals surface area contributed by atoms with Gasteiger partial charge in [0.25, 0.3) is 5.92 Å². The number of benzene rings is 1. The minimum atomic E-state index is -2.85. The van der Waals surface area contributed by atoms with E-state index in [9.17, 15) is 13.6 Å². The van der Waals surface area contributed by atoms with E-state index in [4.69, 9.17) is 5.73 Å². The molecule has 17 heavy (non-hydrogen) atoms. The van der Waals surface area contributed by atoms with Crippen LogP contribution in [0.3, 0.4) is 0 Å². The standard InChI is InChI=1S/C12H13F2NO2/c1-7-5-8(11(15)6-12(11,13)14)3-4-9(7)10(16)17-2/h3-5H,6,15H2,1-2H3. The molecule has 2 rings (SSSR count). The highest BCUT2D eigenvalue weighted by molar-refractivity contribution is 5.91. The summed E-state index contributed by atoms with van der Waals surface area (Å²) in [5.74, 6) is -3.34. The van der Waals surface area contributed by atoms with Gasteiger partial charge >= 0.3 is 5.97 Å². The van der Waals surface area contributed by atoms with Crippen LogP contribution in [0.2, 0.25) is 0 Å². The third-order valence-corrected chi connectivity index (χ3v) is 3.18. The van der Waals surface area contributed by atoms with Crippen LogP contribution < -0.4 is 5.73 Å². The van der Waals surface area contributed by atoms with Gasteiger partial charge in [0.15, 0.2) is 0 Å². The first-order chi connectivity index (χ1) is 7.82. The van der Waals surface area contributed by atoms with Gasteiger partial charge in [-0.3, -0.25) is 0 Å². The number of alkyl halides is 2. The van der Waals surface area contributed by atoms with Crippen molar-refractivity contribution in [1.82, 2.24) is 0 Å². The number of hydrogen-bond donors (Lipinski definition) is 1. The fourth-order valence-corrected chi connectivity index (χ4v) is 1.90. The summed E-state index contributed by atoms with van der Waals surface area (Å²) in [7, 11) is 1.27. The molecule has 1 aromatic carbocycles. The Hall–Kier alpha value is -1.49. The smallest absolute Gasteiger partial charge is 0.338 e. The van der Waals surface area contributed by atoms with Gasteiger partial charge in [-0.25, -0.2) is 13.6 Å². The Bertz CT molecular complexity index is 487. The van der Waals surface area contributed by atoms with Gasteiger partial charge in [0.2, 0.25) is 0 Å². The lowest BCUT2D eigenvalue weighted by Crippen LogP contribution is -2.27. The van der Waals surface area contributed by atoms with E-state index in [0.29, 0.717) is 16.7 Å². The van der Waals surface area contributed by atoms with Crippen LogP contribution >= 0.6 is 0 Å². The average Bonchev–Trinajstić information content (AvgIpc) is 2.78. The molecule has 0 aromatic heterocycles. The molecule has 0 aliphatic heterocycles. The zero-order valence-electron chi connectivity index (χ0n) is 9.59. The number of ether oxygens (including phenoxy) is 1. The average molecular weight is 241 g/mol. The molecule has 1 atom stereocenters. The summed E-state index contributed by atoms with van der Waals surface area (Å²) in [6.07, 6.45) is -0.350. The second-order valence-corrected chi connectivity index (χ2v) is 4.37. The van der Waals surface area contributed by atoms with Gasteiger partial charge in [0, 0.05) is 6.42 Å². The summed E-state index contributed by atoms with van der Waals surface area (Å²) in [6.45, 7) is 1.67. The van der Waals surface area contributed by atoms with Crippen LogP contribution in [-0.4, -0.2) is 19.0 Å². The number of hydrogen-bond acceptors (Lipinski definition) is 3. The van der Waals surface area contributed by atoms with Gasteiger partial charge in [0.1, 0.15) is 5.54 Å². The lowest BCUT2D eigenvalue weighted by atomic mass is 9.99. The molecule has 1 unspecified atom stereocenters. The monoisotopic (exact) mass is 241 g/mol. The van der Waals surface area contributed by atoms with E-state index < -0.39 is 17.4 Å². The lowest BCUT2D eigenvalue weighted by Gasteiger charge is -2.13. The van der Waals surface area contributed by atoms with Crippen LogP contribution in [0.4, 0.5) is 8.78 Å². The largest absolute Gasteiger partial charge is 0.465 e. The molecule has 1 saturated carbocycles. The van der Waals surface area contributed by atoms with Crippen LogP contribution in [0.15, 0.2) is 18.2 Å². The molecule has 0 bridgehead atoms. The number of nitrogens with two attached hydrogens (primary N) is 1. The van der Waals surface area contributed by atoms with E-state index in [-0.39, 0.29) is 6.42 Å². The maximum absolute atomic E-state index is 13.1. The Morgan fingerprint density at radius 1 is 1.47 bits per heavy atom. The number of halogens is 2. The number of methoxy groups -OCH3 is 1. The van der Waals surface area contributed by atoms with Gasteiger partial charge in [-0.05, 0) is 24.1 Å². The van der Waals surface area contributed by atoms with Crippen molar-refractivity contribution in [2.24, 2.45) is 5.73 Å². The molecular weight excluding hydrogens is 228 g/mol. The van der Waals surface area contributed by atoms with E-state index in [1.165, 1.54) is 25.3 Å². The summed E-state index contributed by atoms with van der Waals surface area (Å²) in [5, 5.41) is 0. The Balaban J connectivity index is 2.36. The zero-order chi connectivity index (χ0) is 12.8. The summed E-state index contributed by atoms with van der Waals surface area (Å²) >= 11 is 0. The molecule has 0 amide bonds. The van der Waals surface area contributed by atoms with Crippen molar-refractivity contribution in [3.05, 3.63) is 34.9 Å². The highest BCUT2D eigenvalue weighted by Gasteiger charge is 2.69. The van der Waals surface area contributed by atoms with Crippen molar-refractivity contribution in [3.8, 4) is 0 Å². The van der Waals surface area contributed by atoms with Gasteiger partial charge in [-0.1, -0.05) is 12.1 Å². The first-order valence-corrected chi connectivity index (χ1v) is 5.18. The third-order valence-electron chi connectivity index (χ3n) is 3.18. The van der Waals surface area contributed by atoms with Crippen LogP contribution in [0.1, 0.15) is 27.9 Å². The molecule has 1 aliphatic rings. The van der Waals surface area contributed by atoms with Crippen LogP contribution in [0.25, 0.3) is 0 Å². The second kappa shape index (κ2) is 3.50. The fraction of sp³-hybridized carbons (Fsp3) is 0.417. The molecule has 0 spiro atoms. The normalized spacial score (nSPS) is 25.5. The van der Waals surface area contributed by atoms with Gasteiger partial charge < -0.3 is 10.5 Å². The van der Waals surface area contributed by atoms with E-state index in [1.54, 1.807) is 6.92 Å². The molecule has 0 radical (unpaired) electrons. The summed E-state index contributed by atoms with van der Waals surface area (Å²) in [6, 6.07) is 4.45. The van der Waals surface area contributed by atoms with Crippen molar-refractivity contribution in [2.75, 3.05) is 7.11 Å². The molecule has 1 fully saturated rings. The Morgan fingerprint density at radius 2 is 2.06 bits per heavy atom. The van der Waals surface area contributed by atoms with Crippen molar-refractivity contribution in [1.29, 1.82) is 0 Å². The highest BCUT2D eigenvalue weighted by atomic mass is 19.3. The molecule has 3 nitrogen and oxygen atoms in total. The van der Waals surface area contributed by atoms with E-state index in [0.717, 1.165) is 0 Å². The van der Waals surface area contributed by atoms with Crippen molar-refractivity contribution < 1.29 is 18.3 Å². The molecular formula is C12H13F2NO2. The SMILES string of the molecule is COC(=O)c1ccc(C2(N)CC2(F)F)cc1C. The summed E-state index contributed by atoms with van der Waals surface area (Å²) in [4.78, 5) is 11.3. The molecule has 1 aromatic rings. The van der Waals surface area contributed by atoms with Gasteiger partial charge in [-0.15, -0.1) is 0 Å². The Kier molecular flexibility index (Phi) is 2.47. The van der Waals surface area contributed by atoms with E-state index >= 15 is 0 Å². The van der Waals surface area contributed by atoms with E-state index in [2.05, 4.69) is 4.74 Å². The maximum atomic E-state index is 13.1. The molecule has 5 heteroatoms. The Morgan fingerprint density at radius 3 is 2.47 bits per heavy atom. The highest BCUT2D eigenvalue weighted by Crippen LogP contribution is 2.57. The lowest BCUT2D eigenvalue weighted by molar-refractivity contribution is 0.0600. The van der Waals surface area contributed by atoms with Crippen LogP contribution in [-0.2, 0) is 10.3 Å². The topological polar surface area (TPSA) is 52.3 Å². The number of carbonyl (C=O) groups is 1. The fourth-order valence-electron chi connectivity index (χ4n) is 1.90. The molecule has 92 valence electrons. The number of carbonyl (C=O) groups excluding carboxylic acids is 1. The second-order valence-electron chi connectivity index (χ2n) is 4.37. The number of rotatable bonds is 2. The predicted molar refractivity (Wildman–Crippen MR) is 57.9 cm³/mol. The number of aryl methyl sites for hydroxylation is 1. The predicted octanol–water partition coefficient (Wildman–Crippen LogP) is 1.97. The quantitative estimate of drug-likeness (QED) is 0.805. The van der Waals surface area contributed by atoms with Crippen molar-refractivity contribution >= 4 is 5.97 Å². The zero-order valence-corrected chi connectivity index (χ0v) is 9.59. The van der Waals surface area contributed by atoms with Crippen LogP contribution in [0.5, 0.6) is 0 Å². The maximum Gasteiger partial charge on any atom is 0.338 e. The third kappa shape index (κ3) is 1.70. The van der Waals surface area contributed by atoms with Crippen molar-refractivity contribution in [3.63, 3.8) is 0 Å².